The predicted molar refractivity (Wildman–Crippen MR) is 74.7 cm³/mol. The molecule has 1 unspecified atom stereocenters. The molecule has 1 atom stereocenters. The van der Waals surface area contributed by atoms with Gasteiger partial charge in [0.1, 0.15) is 11.6 Å². The standard InChI is InChI=1S/C14H20BrF2N/c1-4-14(3,9-18-5-2)8-10-12(16)7-6-11(15)13(10)17/h6-7,18H,4-5,8-9H2,1-3H3. The maximum atomic E-state index is 13.9. The van der Waals surface area contributed by atoms with Crippen molar-refractivity contribution in [3.05, 3.63) is 33.8 Å². The van der Waals surface area contributed by atoms with E-state index < -0.39 is 11.6 Å². The SMILES string of the molecule is CCNCC(C)(CC)Cc1c(F)ccc(Br)c1F. The van der Waals surface area contributed by atoms with Crippen LogP contribution < -0.4 is 5.32 Å². The summed E-state index contributed by atoms with van der Waals surface area (Å²) >= 11 is 3.11. The molecule has 1 aromatic carbocycles. The Kier molecular flexibility index (Phi) is 5.73. The first kappa shape index (κ1) is 15.6. The minimum Gasteiger partial charge on any atom is -0.316 e. The van der Waals surface area contributed by atoms with Crippen molar-refractivity contribution in [3.8, 4) is 0 Å². The Morgan fingerprint density at radius 3 is 2.50 bits per heavy atom. The highest BCUT2D eigenvalue weighted by molar-refractivity contribution is 9.10. The molecule has 0 fully saturated rings. The first-order chi connectivity index (χ1) is 8.43. The van der Waals surface area contributed by atoms with Gasteiger partial charge >= 0.3 is 0 Å². The number of hydrogen-bond donors (Lipinski definition) is 1. The number of halogens is 3. The molecule has 0 aliphatic carbocycles. The van der Waals surface area contributed by atoms with Gasteiger partial charge in [-0.05, 0) is 52.9 Å². The Hall–Kier alpha value is -0.480. The van der Waals surface area contributed by atoms with Gasteiger partial charge in [-0.25, -0.2) is 8.78 Å². The molecule has 0 aliphatic heterocycles. The Morgan fingerprint density at radius 2 is 1.94 bits per heavy atom. The van der Waals surface area contributed by atoms with Crippen LogP contribution in [0.25, 0.3) is 0 Å². The van der Waals surface area contributed by atoms with Gasteiger partial charge in [0.25, 0.3) is 0 Å². The van der Waals surface area contributed by atoms with Crippen molar-refractivity contribution in [2.45, 2.75) is 33.6 Å². The molecule has 102 valence electrons. The van der Waals surface area contributed by atoms with Crippen molar-refractivity contribution in [1.29, 1.82) is 0 Å². The van der Waals surface area contributed by atoms with Gasteiger partial charge in [-0.3, -0.25) is 0 Å². The zero-order valence-electron chi connectivity index (χ0n) is 11.1. The van der Waals surface area contributed by atoms with Crippen LogP contribution in [0.5, 0.6) is 0 Å². The van der Waals surface area contributed by atoms with Crippen LogP contribution in [-0.2, 0) is 6.42 Å². The van der Waals surface area contributed by atoms with Crippen LogP contribution in [0.2, 0.25) is 0 Å². The van der Waals surface area contributed by atoms with Crippen molar-refractivity contribution in [2.75, 3.05) is 13.1 Å². The highest BCUT2D eigenvalue weighted by Gasteiger charge is 2.26. The summed E-state index contributed by atoms with van der Waals surface area (Å²) in [5.74, 6) is -0.946. The second kappa shape index (κ2) is 6.62. The molecule has 0 spiro atoms. The van der Waals surface area contributed by atoms with E-state index in [0.29, 0.717) is 10.9 Å². The lowest BCUT2D eigenvalue weighted by molar-refractivity contribution is 0.285. The average Bonchev–Trinajstić information content (AvgIpc) is 2.37. The minimum atomic E-state index is -0.480. The second-order valence-electron chi connectivity index (χ2n) is 4.94. The van der Waals surface area contributed by atoms with E-state index in [9.17, 15) is 8.78 Å². The molecule has 1 aromatic rings. The largest absolute Gasteiger partial charge is 0.316 e. The van der Waals surface area contributed by atoms with Crippen LogP contribution in [0.15, 0.2) is 16.6 Å². The Labute approximate surface area is 116 Å². The Bertz CT molecular complexity index is 409. The van der Waals surface area contributed by atoms with Crippen molar-refractivity contribution in [2.24, 2.45) is 5.41 Å². The van der Waals surface area contributed by atoms with Gasteiger partial charge in [0.05, 0.1) is 4.47 Å². The second-order valence-corrected chi connectivity index (χ2v) is 5.80. The topological polar surface area (TPSA) is 12.0 Å². The van der Waals surface area contributed by atoms with E-state index in [0.717, 1.165) is 19.5 Å². The van der Waals surface area contributed by atoms with Crippen LogP contribution in [0.1, 0.15) is 32.8 Å². The van der Waals surface area contributed by atoms with Gasteiger partial charge in [-0.1, -0.05) is 20.8 Å². The average molecular weight is 320 g/mol. The number of benzene rings is 1. The maximum absolute atomic E-state index is 13.9. The van der Waals surface area contributed by atoms with E-state index in [1.165, 1.54) is 12.1 Å². The van der Waals surface area contributed by atoms with Gasteiger partial charge < -0.3 is 5.32 Å². The summed E-state index contributed by atoms with van der Waals surface area (Å²) in [5.41, 5.74) is 0.0324. The van der Waals surface area contributed by atoms with E-state index in [4.69, 9.17) is 0 Å². The number of hydrogen-bond acceptors (Lipinski definition) is 1. The Morgan fingerprint density at radius 1 is 1.28 bits per heavy atom. The molecular formula is C14H20BrF2N. The molecular weight excluding hydrogens is 300 g/mol. The predicted octanol–water partition coefficient (Wildman–Crippen LogP) is 4.30. The Balaban J connectivity index is 2.97. The lowest BCUT2D eigenvalue weighted by Crippen LogP contribution is -2.33. The maximum Gasteiger partial charge on any atom is 0.143 e. The molecule has 0 aromatic heterocycles. The van der Waals surface area contributed by atoms with Gasteiger partial charge in [0, 0.05) is 12.1 Å². The van der Waals surface area contributed by atoms with Gasteiger partial charge in [-0.2, -0.15) is 0 Å². The fraction of sp³-hybridized carbons (Fsp3) is 0.571. The third-order valence-electron chi connectivity index (χ3n) is 3.40. The quantitative estimate of drug-likeness (QED) is 0.771. The first-order valence-corrected chi connectivity index (χ1v) is 7.06. The fourth-order valence-electron chi connectivity index (χ4n) is 1.90. The lowest BCUT2D eigenvalue weighted by atomic mass is 9.81. The van der Waals surface area contributed by atoms with E-state index in [1.54, 1.807) is 0 Å². The highest BCUT2D eigenvalue weighted by atomic mass is 79.9. The molecule has 1 nitrogen and oxygen atoms in total. The van der Waals surface area contributed by atoms with Crippen LogP contribution in [-0.4, -0.2) is 13.1 Å². The zero-order valence-corrected chi connectivity index (χ0v) is 12.7. The normalized spacial score (nSPS) is 14.6. The third-order valence-corrected chi connectivity index (χ3v) is 4.01. The molecule has 0 bridgehead atoms. The van der Waals surface area contributed by atoms with E-state index >= 15 is 0 Å². The van der Waals surface area contributed by atoms with Crippen LogP contribution in [0.3, 0.4) is 0 Å². The van der Waals surface area contributed by atoms with Crippen molar-refractivity contribution >= 4 is 15.9 Å². The summed E-state index contributed by atoms with van der Waals surface area (Å²) < 4.78 is 28.0. The van der Waals surface area contributed by atoms with Crippen LogP contribution in [0.4, 0.5) is 8.78 Å². The van der Waals surface area contributed by atoms with Crippen molar-refractivity contribution in [3.63, 3.8) is 0 Å². The molecule has 0 aliphatic rings. The fourth-order valence-corrected chi connectivity index (χ4v) is 2.27. The molecule has 0 saturated carbocycles. The molecule has 4 heteroatoms. The van der Waals surface area contributed by atoms with Gasteiger partial charge in [0.15, 0.2) is 0 Å². The molecule has 18 heavy (non-hydrogen) atoms. The van der Waals surface area contributed by atoms with Gasteiger partial charge in [-0.15, -0.1) is 0 Å². The first-order valence-electron chi connectivity index (χ1n) is 6.26. The molecule has 1 rings (SSSR count). The minimum absolute atomic E-state index is 0.140. The summed E-state index contributed by atoms with van der Waals surface area (Å²) in [7, 11) is 0. The lowest BCUT2D eigenvalue weighted by Gasteiger charge is -2.29. The van der Waals surface area contributed by atoms with Crippen LogP contribution in [0, 0.1) is 17.0 Å². The smallest absolute Gasteiger partial charge is 0.143 e. The molecule has 0 radical (unpaired) electrons. The number of rotatable bonds is 6. The van der Waals surface area contributed by atoms with Gasteiger partial charge in [0.2, 0.25) is 0 Å². The summed E-state index contributed by atoms with van der Waals surface area (Å²) in [5, 5.41) is 3.26. The molecule has 0 saturated heterocycles. The highest BCUT2D eigenvalue weighted by Crippen LogP contribution is 2.30. The summed E-state index contributed by atoms with van der Waals surface area (Å²) in [6, 6.07) is 2.72. The zero-order chi connectivity index (χ0) is 13.8. The summed E-state index contributed by atoms with van der Waals surface area (Å²) in [6.07, 6.45) is 1.26. The van der Waals surface area contributed by atoms with Crippen LogP contribution >= 0.6 is 15.9 Å². The summed E-state index contributed by atoms with van der Waals surface area (Å²) in [6.45, 7) is 7.74. The van der Waals surface area contributed by atoms with E-state index in [2.05, 4.69) is 28.2 Å². The number of nitrogens with one attached hydrogen (secondary N) is 1. The van der Waals surface area contributed by atoms with Crippen molar-refractivity contribution in [1.82, 2.24) is 5.32 Å². The van der Waals surface area contributed by atoms with E-state index in [1.807, 2.05) is 13.8 Å². The monoisotopic (exact) mass is 319 g/mol. The van der Waals surface area contributed by atoms with E-state index in [-0.39, 0.29) is 11.0 Å². The molecule has 0 heterocycles. The third kappa shape index (κ3) is 3.75. The molecule has 0 amide bonds. The summed E-state index contributed by atoms with van der Waals surface area (Å²) in [4.78, 5) is 0. The van der Waals surface area contributed by atoms with Crippen molar-refractivity contribution < 1.29 is 8.78 Å². The molecule has 1 N–H and O–H groups in total.